The van der Waals surface area contributed by atoms with Crippen LogP contribution in [0.15, 0.2) is 50.6 Å². The first-order chi connectivity index (χ1) is 11.3. The lowest BCUT2D eigenvalue weighted by atomic mass is 10.2. The van der Waals surface area contributed by atoms with Crippen molar-refractivity contribution < 1.29 is 12.8 Å². The van der Waals surface area contributed by atoms with E-state index in [-0.39, 0.29) is 11.1 Å². The zero-order valence-electron chi connectivity index (χ0n) is 13.5. The van der Waals surface area contributed by atoms with Gasteiger partial charge in [-0.3, -0.25) is 4.72 Å². The minimum Gasteiger partial charge on any atom is -0.423 e. The van der Waals surface area contributed by atoms with Gasteiger partial charge in [0.2, 0.25) is 0 Å². The standard InChI is InChI=1S/C16H17N3O4S/c1-10(2)19-15(8-11(3)17-19)24(21,22)18-13-5-6-14-12(9-13)4-7-16(20)23-14/h4-10,18H,1-3H3. The number of nitrogens with one attached hydrogen (secondary N) is 1. The van der Waals surface area contributed by atoms with Gasteiger partial charge in [-0.15, -0.1) is 0 Å². The summed E-state index contributed by atoms with van der Waals surface area (Å²) in [5, 5.41) is 4.96. The SMILES string of the molecule is Cc1cc(S(=O)(=O)Nc2ccc3oc(=O)ccc3c2)n(C(C)C)n1. The third-order valence-corrected chi connectivity index (χ3v) is 4.82. The van der Waals surface area contributed by atoms with Gasteiger partial charge in [-0.05, 0) is 51.1 Å². The van der Waals surface area contributed by atoms with Crippen LogP contribution in [0.1, 0.15) is 25.6 Å². The van der Waals surface area contributed by atoms with Crippen LogP contribution in [-0.2, 0) is 10.0 Å². The summed E-state index contributed by atoms with van der Waals surface area (Å²) in [7, 11) is -3.79. The summed E-state index contributed by atoms with van der Waals surface area (Å²) >= 11 is 0. The summed E-state index contributed by atoms with van der Waals surface area (Å²) in [4.78, 5) is 11.2. The maximum atomic E-state index is 12.7. The van der Waals surface area contributed by atoms with E-state index in [2.05, 4.69) is 9.82 Å². The largest absolute Gasteiger partial charge is 0.423 e. The van der Waals surface area contributed by atoms with E-state index in [1.807, 2.05) is 13.8 Å². The van der Waals surface area contributed by atoms with Gasteiger partial charge in [-0.1, -0.05) is 0 Å². The number of aryl methyl sites for hydroxylation is 1. The molecule has 0 atom stereocenters. The molecular weight excluding hydrogens is 330 g/mol. The molecular formula is C16H17N3O4S. The van der Waals surface area contributed by atoms with E-state index in [1.54, 1.807) is 31.2 Å². The van der Waals surface area contributed by atoms with E-state index in [0.29, 0.717) is 22.4 Å². The molecule has 24 heavy (non-hydrogen) atoms. The van der Waals surface area contributed by atoms with Crippen LogP contribution in [0, 0.1) is 6.92 Å². The van der Waals surface area contributed by atoms with Gasteiger partial charge >= 0.3 is 5.63 Å². The molecule has 0 saturated heterocycles. The highest BCUT2D eigenvalue weighted by Gasteiger charge is 2.22. The molecule has 0 amide bonds. The fourth-order valence-corrected chi connectivity index (χ4v) is 3.77. The number of benzene rings is 1. The lowest BCUT2D eigenvalue weighted by Crippen LogP contribution is -2.19. The third kappa shape index (κ3) is 3.05. The Morgan fingerprint density at radius 1 is 1.17 bits per heavy atom. The van der Waals surface area contributed by atoms with Crippen LogP contribution in [0.25, 0.3) is 11.0 Å². The quantitative estimate of drug-likeness (QED) is 0.732. The Balaban J connectivity index is 2.01. The Labute approximate surface area is 139 Å². The Morgan fingerprint density at radius 2 is 1.92 bits per heavy atom. The molecule has 2 heterocycles. The van der Waals surface area contributed by atoms with Crippen LogP contribution < -0.4 is 10.3 Å². The number of hydrogen-bond acceptors (Lipinski definition) is 5. The molecule has 8 heteroatoms. The molecule has 0 unspecified atom stereocenters. The second-order valence-electron chi connectivity index (χ2n) is 5.77. The molecule has 1 aromatic carbocycles. The van der Waals surface area contributed by atoms with Crippen molar-refractivity contribution in [2.45, 2.75) is 31.8 Å². The van der Waals surface area contributed by atoms with Crippen molar-refractivity contribution in [2.75, 3.05) is 4.72 Å². The summed E-state index contributed by atoms with van der Waals surface area (Å²) in [6.07, 6.45) is 0. The van der Waals surface area contributed by atoms with E-state index in [4.69, 9.17) is 4.42 Å². The normalized spacial score (nSPS) is 12.0. The van der Waals surface area contributed by atoms with Crippen LogP contribution in [0.2, 0.25) is 0 Å². The topological polar surface area (TPSA) is 94.2 Å². The second-order valence-corrected chi connectivity index (χ2v) is 7.40. The van der Waals surface area contributed by atoms with Crippen molar-refractivity contribution in [3.63, 3.8) is 0 Å². The Morgan fingerprint density at radius 3 is 2.62 bits per heavy atom. The maximum Gasteiger partial charge on any atom is 0.336 e. The molecule has 0 saturated carbocycles. The van der Waals surface area contributed by atoms with E-state index in [9.17, 15) is 13.2 Å². The first-order valence-corrected chi connectivity index (χ1v) is 8.87. The molecule has 0 spiro atoms. The van der Waals surface area contributed by atoms with Gasteiger partial charge in [0.15, 0.2) is 5.03 Å². The molecule has 1 N–H and O–H groups in total. The van der Waals surface area contributed by atoms with Crippen LogP contribution in [-0.4, -0.2) is 18.2 Å². The maximum absolute atomic E-state index is 12.7. The van der Waals surface area contributed by atoms with E-state index < -0.39 is 15.6 Å². The summed E-state index contributed by atoms with van der Waals surface area (Å²) in [5.41, 5.74) is 0.954. The van der Waals surface area contributed by atoms with Gasteiger partial charge in [-0.2, -0.15) is 13.5 Å². The van der Waals surface area contributed by atoms with Gasteiger partial charge in [0, 0.05) is 23.2 Å². The highest BCUT2D eigenvalue weighted by atomic mass is 32.2. The molecule has 0 aliphatic carbocycles. The van der Waals surface area contributed by atoms with E-state index >= 15 is 0 Å². The summed E-state index contributed by atoms with van der Waals surface area (Å²) in [6.45, 7) is 5.48. The molecule has 0 aliphatic heterocycles. The van der Waals surface area contributed by atoms with Gasteiger partial charge in [-0.25, -0.2) is 9.48 Å². The molecule has 7 nitrogen and oxygen atoms in total. The Kier molecular flexibility index (Phi) is 3.92. The molecule has 0 fully saturated rings. The van der Waals surface area contributed by atoms with Crippen LogP contribution >= 0.6 is 0 Å². The molecule has 0 aliphatic rings. The first kappa shape index (κ1) is 16.3. The Hall–Kier alpha value is -2.61. The minimum absolute atomic E-state index is 0.0869. The fourth-order valence-electron chi connectivity index (χ4n) is 2.41. The van der Waals surface area contributed by atoms with Gasteiger partial charge in [0.1, 0.15) is 5.58 Å². The predicted octanol–water partition coefficient (Wildman–Crippen LogP) is 2.68. The van der Waals surface area contributed by atoms with E-state index in [1.165, 1.54) is 16.8 Å². The van der Waals surface area contributed by atoms with Gasteiger partial charge in [0.05, 0.1) is 5.69 Å². The van der Waals surface area contributed by atoms with E-state index in [0.717, 1.165) is 0 Å². The van der Waals surface area contributed by atoms with Crippen LogP contribution in [0.3, 0.4) is 0 Å². The highest BCUT2D eigenvalue weighted by molar-refractivity contribution is 7.92. The fraction of sp³-hybridized carbons (Fsp3) is 0.250. The number of nitrogens with zero attached hydrogens (tertiary/aromatic N) is 2. The van der Waals surface area contributed by atoms with Crippen LogP contribution in [0.4, 0.5) is 5.69 Å². The monoisotopic (exact) mass is 347 g/mol. The number of rotatable bonds is 4. The average Bonchev–Trinajstić information content (AvgIpc) is 2.90. The third-order valence-electron chi connectivity index (χ3n) is 3.46. The highest BCUT2D eigenvalue weighted by Crippen LogP contribution is 2.22. The number of anilines is 1. The molecule has 0 radical (unpaired) electrons. The van der Waals surface area contributed by atoms with Gasteiger partial charge in [0.25, 0.3) is 10.0 Å². The Bertz CT molecular complexity index is 1060. The molecule has 3 aromatic rings. The molecule has 0 bridgehead atoms. The van der Waals surface area contributed by atoms with Crippen molar-refractivity contribution >= 4 is 26.7 Å². The molecule has 2 aromatic heterocycles. The lowest BCUT2D eigenvalue weighted by Gasteiger charge is -2.13. The van der Waals surface area contributed by atoms with Crippen molar-refractivity contribution in [3.8, 4) is 0 Å². The average molecular weight is 347 g/mol. The number of fused-ring (bicyclic) bond motifs is 1. The summed E-state index contributed by atoms with van der Waals surface area (Å²) in [5.74, 6) is 0. The van der Waals surface area contributed by atoms with Crippen molar-refractivity contribution in [2.24, 2.45) is 0 Å². The molecule has 3 rings (SSSR count). The summed E-state index contributed by atoms with van der Waals surface area (Å²) < 4.78 is 34.4. The molecule has 126 valence electrons. The van der Waals surface area contributed by atoms with Crippen molar-refractivity contribution in [1.29, 1.82) is 0 Å². The smallest absolute Gasteiger partial charge is 0.336 e. The second kappa shape index (κ2) is 5.79. The zero-order valence-corrected chi connectivity index (χ0v) is 14.3. The predicted molar refractivity (Wildman–Crippen MR) is 90.6 cm³/mol. The number of hydrogen-bond donors (Lipinski definition) is 1. The minimum atomic E-state index is -3.79. The summed E-state index contributed by atoms with van der Waals surface area (Å²) in [6, 6.07) is 9.03. The number of sulfonamides is 1. The van der Waals surface area contributed by atoms with Crippen molar-refractivity contribution in [1.82, 2.24) is 9.78 Å². The van der Waals surface area contributed by atoms with Crippen LogP contribution in [0.5, 0.6) is 0 Å². The zero-order chi connectivity index (χ0) is 17.5. The first-order valence-electron chi connectivity index (χ1n) is 7.39. The lowest BCUT2D eigenvalue weighted by molar-refractivity contribution is 0.478. The van der Waals surface area contributed by atoms with Crippen molar-refractivity contribution in [3.05, 3.63) is 52.5 Å². The number of aromatic nitrogens is 2. The van der Waals surface area contributed by atoms with Gasteiger partial charge < -0.3 is 4.42 Å².